The minimum absolute atomic E-state index is 0.601. The highest BCUT2D eigenvalue weighted by Gasteiger charge is 2.16. The number of aromatic nitrogens is 1. The zero-order chi connectivity index (χ0) is 13.9. The average Bonchev–Trinajstić information content (AvgIpc) is 2.90. The molecule has 5 heteroatoms. The maximum Gasteiger partial charge on any atom is 0.162 e. The maximum atomic E-state index is 5.70. The summed E-state index contributed by atoms with van der Waals surface area (Å²) in [4.78, 5) is 5.98. The highest BCUT2D eigenvalue weighted by Crippen LogP contribution is 2.36. The van der Waals surface area contributed by atoms with Crippen LogP contribution >= 0.6 is 11.3 Å². The van der Waals surface area contributed by atoms with Gasteiger partial charge in [0, 0.05) is 10.4 Å². The van der Waals surface area contributed by atoms with Gasteiger partial charge in [-0.1, -0.05) is 6.92 Å². The van der Waals surface area contributed by atoms with Crippen molar-refractivity contribution >= 4 is 11.3 Å². The molecule has 0 atom stereocenters. The van der Waals surface area contributed by atoms with Crippen LogP contribution in [0.25, 0.3) is 11.3 Å². The number of thiazole rings is 1. The van der Waals surface area contributed by atoms with E-state index in [1.165, 1.54) is 4.88 Å². The van der Waals surface area contributed by atoms with Crippen molar-refractivity contribution in [2.45, 2.75) is 19.8 Å². The SMILES string of the molecule is CCc1nc(-c2ccc3c(c2)OCCO3)c(CCN)s1. The van der Waals surface area contributed by atoms with E-state index in [1.54, 1.807) is 11.3 Å². The molecular formula is C15H18N2O2S. The third-order valence-corrected chi connectivity index (χ3v) is 4.49. The molecule has 1 aromatic carbocycles. The Morgan fingerprint density at radius 2 is 2.05 bits per heavy atom. The van der Waals surface area contributed by atoms with Gasteiger partial charge < -0.3 is 15.2 Å². The van der Waals surface area contributed by atoms with Crippen LogP contribution in [0.1, 0.15) is 16.8 Å². The number of fused-ring (bicyclic) bond motifs is 1. The van der Waals surface area contributed by atoms with E-state index in [0.29, 0.717) is 19.8 Å². The molecule has 106 valence electrons. The lowest BCUT2D eigenvalue weighted by atomic mass is 10.1. The van der Waals surface area contributed by atoms with Crippen molar-refractivity contribution in [1.29, 1.82) is 0 Å². The van der Waals surface area contributed by atoms with Crippen LogP contribution in [0.5, 0.6) is 11.5 Å². The van der Waals surface area contributed by atoms with Crippen LogP contribution in [-0.2, 0) is 12.8 Å². The smallest absolute Gasteiger partial charge is 0.162 e. The number of rotatable bonds is 4. The topological polar surface area (TPSA) is 57.4 Å². The van der Waals surface area contributed by atoms with Gasteiger partial charge in [-0.25, -0.2) is 4.98 Å². The fourth-order valence-electron chi connectivity index (χ4n) is 2.27. The summed E-state index contributed by atoms with van der Waals surface area (Å²) in [7, 11) is 0. The quantitative estimate of drug-likeness (QED) is 0.940. The van der Waals surface area contributed by atoms with Gasteiger partial charge >= 0.3 is 0 Å². The Kier molecular flexibility index (Phi) is 3.89. The molecule has 0 bridgehead atoms. The maximum absolute atomic E-state index is 5.70. The van der Waals surface area contributed by atoms with Gasteiger partial charge in [-0.2, -0.15) is 0 Å². The van der Waals surface area contributed by atoms with Crippen molar-refractivity contribution in [2.75, 3.05) is 19.8 Å². The van der Waals surface area contributed by atoms with Gasteiger partial charge in [-0.3, -0.25) is 0 Å². The molecule has 2 N–H and O–H groups in total. The average molecular weight is 290 g/mol. The van der Waals surface area contributed by atoms with Crippen molar-refractivity contribution in [2.24, 2.45) is 5.73 Å². The summed E-state index contributed by atoms with van der Waals surface area (Å²) in [5.41, 5.74) is 7.82. The fraction of sp³-hybridized carbons (Fsp3) is 0.400. The summed E-state index contributed by atoms with van der Waals surface area (Å²) in [6.45, 7) is 3.98. The molecule has 0 unspecified atom stereocenters. The summed E-state index contributed by atoms with van der Waals surface area (Å²) >= 11 is 1.75. The molecule has 1 aliphatic rings. The molecule has 3 rings (SSSR count). The minimum Gasteiger partial charge on any atom is -0.486 e. The van der Waals surface area contributed by atoms with Gasteiger partial charge in [-0.15, -0.1) is 11.3 Å². The van der Waals surface area contributed by atoms with Gasteiger partial charge in [0.15, 0.2) is 11.5 Å². The predicted molar refractivity (Wildman–Crippen MR) is 80.7 cm³/mol. The lowest BCUT2D eigenvalue weighted by Crippen LogP contribution is -2.15. The number of benzene rings is 1. The monoisotopic (exact) mass is 290 g/mol. The van der Waals surface area contributed by atoms with Gasteiger partial charge in [0.1, 0.15) is 13.2 Å². The molecule has 0 fully saturated rings. The van der Waals surface area contributed by atoms with Gasteiger partial charge in [0.25, 0.3) is 0 Å². The zero-order valence-electron chi connectivity index (χ0n) is 11.5. The van der Waals surface area contributed by atoms with E-state index in [4.69, 9.17) is 20.2 Å². The van der Waals surface area contributed by atoms with Crippen molar-refractivity contribution in [1.82, 2.24) is 4.98 Å². The Balaban J connectivity index is 2.01. The number of nitrogens with zero attached hydrogens (tertiary/aromatic N) is 1. The standard InChI is InChI=1S/C15H18N2O2S/c1-2-14-17-15(13(20-14)5-6-16)10-3-4-11-12(9-10)19-8-7-18-11/h3-4,9H,2,5-8,16H2,1H3. The van der Waals surface area contributed by atoms with Crippen LogP contribution in [0, 0.1) is 0 Å². The summed E-state index contributed by atoms with van der Waals surface area (Å²) in [5, 5.41) is 1.15. The van der Waals surface area contributed by atoms with E-state index in [2.05, 4.69) is 6.92 Å². The molecule has 4 nitrogen and oxygen atoms in total. The Morgan fingerprint density at radius 1 is 1.25 bits per heavy atom. The van der Waals surface area contributed by atoms with Crippen LogP contribution in [0.3, 0.4) is 0 Å². The fourth-order valence-corrected chi connectivity index (χ4v) is 3.31. The van der Waals surface area contributed by atoms with E-state index >= 15 is 0 Å². The summed E-state index contributed by atoms with van der Waals surface area (Å²) in [6, 6.07) is 6.02. The van der Waals surface area contributed by atoms with E-state index in [0.717, 1.165) is 40.6 Å². The third kappa shape index (κ3) is 2.51. The molecule has 2 aromatic rings. The Labute approximate surface area is 122 Å². The molecule has 2 heterocycles. The highest BCUT2D eigenvalue weighted by atomic mass is 32.1. The molecule has 20 heavy (non-hydrogen) atoms. The predicted octanol–water partition coefficient (Wildman–Crippen LogP) is 2.64. The van der Waals surface area contributed by atoms with Gasteiger partial charge in [0.05, 0.1) is 10.7 Å². The molecular weight excluding hydrogens is 272 g/mol. The Hall–Kier alpha value is -1.59. The second kappa shape index (κ2) is 5.81. The first-order valence-electron chi connectivity index (χ1n) is 6.90. The van der Waals surface area contributed by atoms with Crippen molar-refractivity contribution in [3.63, 3.8) is 0 Å². The van der Waals surface area contributed by atoms with Crippen LogP contribution in [0.2, 0.25) is 0 Å². The zero-order valence-corrected chi connectivity index (χ0v) is 12.3. The Bertz CT molecular complexity index is 610. The van der Waals surface area contributed by atoms with Gasteiger partial charge in [0.2, 0.25) is 0 Å². The second-order valence-electron chi connectivity index (χ2n) is 4.63. The largest absolute Gasteiger partial charge is 0.486 e. The van der Waals surface area contributed by atoms with E-state index in [-0.39, 0.29) is 0 Å². The first kappa shape index (κ1) is 13.4. The summed E-state index contributed by atoms with van der Waals surface area (Å²) in [5.74, 6) is 1.62. The molecule has 1 aromatic heterocycles. The first-order valence-corrected chi connectivity index (χ1v) is 7.72. The summed E-state index contributed by atoms with van der Waals surface area (Å²) in [6.07, 6.45) is 1.81. The highest BCUT2D eigenvalue weighted by molar-refractivity contribution is 7.12. The van der Waals surface area contributed by atoms with E-state index in [1.807, 2.05) is 18.2 Å². The van der Waals surface area contributed by atoms with Crippen molar-refractivity contribution in [3.05, 3.63) is 28.1 Å². The lowest BCUT2D eigenvalue weighted by Gasteiger charge is -2.18. The Morgan fingerprint density at radius 3 is 2.80 bits per heavy atom. The normalized spacial score (nSPS) is 13.5. The van der Waals surface area contributed by atoms with Crippen LogP contribution in [0.15, 0.2) is 18.2 Å². The van der Waals surface area contributed by atoms with Gasteiger partial charge in [-0.05, 0) is 37.6 Å². The number of hydrogen-bond acceptors (Lipinski definition) is 5. The third-order valence-electron chi connectivity index (χ3n) is 3.23. The van der Waals surface area contributed by atoms with Crippen LogP contribution in [0.4, 0.5) is 0 Å². The molecule has 0 amide bonds. The number of ether oxygens (including phenoxy) is 2. The molecule has 1 aliphatic heterocycles. The van der Waals surface area contributed by atoms with Crippen LogP contribution < -0.4 is 15.2 Å². The number of nitrogens with two attached hydrogens (primary N) is 1. The van der Waals surface area contributed by atoms with E-state index in [9.17, 15) is 0 Å². The van der Waals surface area contributed by atoms with E-state index < -0.39 is 0 Å². The second-order valence-corrected chi connectivity index (χ2v) is 5.80. The molecule has 0 radical (unpaired) electrons. The number of hydrogen-bond donors (Lipinski definition) is 1. The summed E-state index contributed by atoms with van der Waals surface area (Å²) < 4.78 is 11.2. The van der Waals surface area contributed by atoms with Crippen molar-refractivity contribution < 1.29 is 9.47 Å². The van der Waals surface area contributed by atoms with Crippen LogP contribution in [-0.4, -0.2) is 24.7 Å². The molecule has 0 spiro atoms. The first-order chi connectivity index (χ1) is 9.81. The number of aryl methyl sites for hydroxylation is 1. The lowest BCUT2D eigenvalue weighted by molar-refractivity contribution is 0.171. The van der Waals surface area contributed by atoms with Crippen molar-refractivity contribution in [3.8, 4) is 22.8 Å². The molecule has 0 saturated carbocycles. The molecule has 0 saturated heterocycles. The minimum atomic E-state index is 0.601. The molecule has 0 aliphatic carbocycles.